The largest absolute Gasteiger partial charge is 0.350 e. The molecule has 3 rings (SSSR count). The number of nitrogens with zero attached hydrogens (tertiary/aromatic N) is 1. The lowest BCUT2D eigenvalue weighted by Crippen LogP contribution is -2.39. The van der Waals surface area contributed by atoms with Crippen LogP contribution in [0.3, 0.4) is 0 Å². The number of rotatable bonds is 6. The van der Waals surface area contributed by atoms with Gasteiger partial charge in [-0.05, 0) is 59.3 Å². The number of amides is 1. The molecule has 0 radical (unpaired) electrons. The molecule has 1 aliphatic rings. The van der Waals surface area contributed by atoms with Crippen molar-refractivity contribution < 1.29 is 13.2 Å². The van der Waals surface area contributed by atoms with Crippen molar-refractivity contribution in [2.75, 3.05) is 13.1 Å². The number of hydrogen-bond acceptors (Lipinski definition) is 4. The van der Waals surface area contributed by atoms with Crippen LogP contribution in [-0.2, 0) is 14.8 Å². The smallest absolute Gasteiger partial charge is 0.252 e. The highest BCUT2D eigenvalue weighted by molar-refractivity contribution is 9.11. The summed E-state index contributed by atoms with van der Waals surface area (Å²) in [6.07, 6.45) is 1.85. The molecule has 2 heterocycles. The van der Waals surface area contributed by atoms with Crippen molar-refractivity contribution >= 4 is 43.2 Å². The van der Waals surface area contributed by atoms with E-state index >= 15 is 0 Å². The maximum Gasteiger partial charge on any atom is 0.252 e. The molecule has 0 bridgehead atoms. The fraction of sp³-hybridized carbons (Fsp3) is 0.421. The van der Waals surface area contributed by atoms with Crippen molar-refractivity contribution in [3.05, 3.63) is 51.8 Å². The third-order valence-electron chi connectivity index (χ3n) is 4.87. The highest BCUT2D eigenvalue weighted by Crippen LogP contribution is 2.31. The molecule has 0 unspecified atom stereocenters. The molecule has 1 aromatic carbocycles. The van der Waals surface area contributed by atoms with Gasteiger partial charge in [-0.25, -0.2) is 8.42 Å². The number of sulfonamides is 1. The van der Waals surface area contributed by atoms with Crippen molar-refractivity contribution in [2.45, 2.75) is 36.4 Å². The van der Waals surface area contributed by atoms with Crippen LogP contribution in [0, 0.1) is 5.92 Å². The van der Waals surface area contributed by atoms with Crippen LogP contribution >= 0.6 is 27.3 Å². The van der Waals surface area contributed by atoms with E-state index in [9.17, 15) is 13.2 Å². The summed E-state index contributed by atoms with van der Waals surface area (Å²) < 4.78 is 28.0. The van der Waals surface area contributed by atoms with Gasteiger partial charge in [-0.15, -0.1) is 11.3 Å². The van der Waals surface area contributed by atoms with E-state index in [4.69, 9.17) is 0 Å². The maximum absolute atomic E-state index is 12.7. The molecular formula is C19H23BrN2O3S2. The average molecular weight is 471 g/mol. The molecular weight excluding hydrogens is 448 g/mol. The van der Waals surface area contributed by atoms with Gasteiger partial charge in [0.25, 0.3) is 10.0 Å². The minimum absolute atomic E-state index is 0.0230. The summed E-state index contributed by atoms with van der Waals surface area (Å²) in [6, 6.07) is 13.2. The molecule has 1 fully saturated rings. The second-order valence-corrected chi connectivity index (χ2v) is 11.4. The molecule has 1 aromatic heterocycles. The van der Waals surface area contributed by atoms with Crippen molar-refractivity contribution in [3.63, 3.8) is 0 Å². The van der Waals surface area contributed by atoms with Crippen LogP contribution in [0.25, 0.3) is 0 Å². The summed E-state index contributed by atoms with van der Waals surface area (Å²) in [5, 5.41) is 3.04. The van der Waals surface area contributed by atoms with Gasteiger partial charge in [-0.3, -0.25) is 4.79 Å². The molecule has 1 aliphatic heterocycles. The van der Waals surface area contributed by atoms with E-state index in [1.54, 1.807) is 12.1 Å². The SMILES string of the molecule is C[C@H](NC(=O)CC1CCN(S(=O)(=O)c2ccc(Br)s2)CC1)c1ccccc1. The van der Waals surface area contributed by atoms with Gasteiger partial charge in [-0.1, -0.05) is 30.3 Å². The van der Waals surface area contributed by atoms with E-state index in [0.717, 1.165) is 9.35 Å². The molecule has 1 atom stereocenters. The minimum atomic E-state index is -3.43. The molecule has 146 valence electrons. The van der Waals surface area contributed by atoms with E-state index in [1.807, 2.05) is 37.3 Å². The molecule has 8 heteroatoms. The molecule has 1 amide bonds. The summed E-state index contributed by atoms with van der Waals surface area (Å²) in [6.45, 7) is 2.90. The Morgan fingerprint density at radius 2 is 1.89 bits per heavy atom. The normalized spacial score (nSPS) is 17.6. The topological polar surface area (TPSA) is 66.5 Å². The first-order valence-electron chi connectivity index (χ1n) is 8.96. The zero-order valence-corrected chi connectivity index (χ0v) is 18.3. The monoisotopic (exact) mass is 470 g/mol. The Balaban J connectivity index is 1.50. The Kier molecular flexibility index (Phi) is 6.73. The second-order valence-electron chi connectivity index (χ2n) is 6.81. The quantitative estimate of drug-likeness (QED) is 0.688. The van der Waals surface area contributed by atoms with Crippen LogP contribution in [0.2, 0.25) is 0 Å². The second kappa shape index (κ2) is 8.86. The van der Waals surface area contributed by atoms with Crippen molar-refractivity contribution in [3.8, 4) is 0 Å². The highest BCUT2D eigenvalue weighted by Gasteiger charge is 2.31. The van der Waals surface area contributed by atoms with Gasteiger partial charge in [0.2, 0.25) is 5.91 Å². The summed E-state index contributed by atoms with van der Waals surface area (Å²) in [5.74, 6) is 0.240. The van der Waals surface area contributed by atoms with E-state index < -0.39 is 10.0 Å². The lowest BCUT2D eigenvalue weighted by Gasteiger charge is -2.30. The number of carbonyl (C=O) groups is 1. The van der Waals surface area contributed by atoms with Gasteiger partial charge in [0.05, 0.1) is 9.83 Å². The average Bonchev–Trinajstić information content (AvgIpc) is 3.10. The van der Waals surface area contributed by atoms with E-state index in [1.165, 1.54) is 15.6 Å². The Labute approximate surface area is 173 Å². The van der Waals surface area contributed by atoms with Crippen LogP contribution in [0.4, 0.5) is 0 Å². The number of hydrogen-bond donors (Lipinski definition) is 1. The molecule has 0 aliphatic carbocycles. The van der Waals surface area contributed by atoms with Gasteiger partial charge < -0.3 is 5.32 Å². The Morgan fingerprint density at radius 3 is 2.48 bits per heavy atom. The van der Waals surface area contributed by atoms with Gasteiger partial charge in [0.15, 0.2) is 0 Å². The van der Waals surface area contributed by atoms with Crippen LogP contribution in [0.1, 0.15) is 37.8 Å². The summed E-state index contributed by atoms with van der Waals surface area (Å²) in [4.78, 5) is 12.4. The third kappa shape index (κ3) is 5.19. The van der Waals surface area contributed by atoms with Crippen molar-refractivity contribution in [1.82, 2.24) is 9.62 Å². The zero-order valence-electron chi connectivity index (χ0n) is 15.1. The zero-order chi connectivity index (χ0) is 19.4. The minimum Gasteiger partial charge on any atom is -0.350 e. The lowest BCUT2D eigenvalue weighted by molar-refractivity contribution is -0.122. The predicted molar refractivity (Wildman–Crippen MR) is 111 cm³/mol. The highest BCUT2D eigenvalue weighted by atomic mass is 79.9. The number of thiophene rings is 1. The molecule has 5 nitrogen and oxygen atoms in total. The first-order valence-corrected chi connectivity index (χ1v) is 12.0. The number of halogens is 1. The Bertz CT molecular complexity index is 875. The molecule has 0 saturated carbocycles. The number of nitrogens with one attached hydrogen (secondary N) is 1. The molecule has 2 aromatic rings. The van der Waals surface area contributed by atoms with Crippen LogP contribution in [0.15, 0.2) is 50.5 Å². The molecule has 27 heavy (non-hydrogen) atoms. The number of piperidine rings is 1. The van der Waals surface area contributed by atoms with Gasteiger partial charge in [0, 0.05) is 19.5 Å². The van der Waals surface area contributed by atoms with Crippen molar-refractivity contribution in [1.29, 1.82) is 0 Å². The summed E-state index contributed by atoms with van der Waals surface area (Å²) in [7, 11) is -3.43. The first kappa shape index (κ1) is 20.5. The van der Waals surface area contributed by atoms with E-state index in [-0.39, 0.29) is 17.9 Å². The third-order valence-corrected chi connectivity index (χ3v) is 8.86. The fourth-order valence-corrected chi connectivity index (χ4v) is 6.94. The maximum atomic E-state index is 12.7. The van der Waals surface area contributed by atoms with Gasteiger partial charge in [0.1, 0.15) is 4.21 Å². The van der Waals surface area contributed by atoms with Gasteiger partial charge >= 0.3 is 0 Å². The first-order chi connectivity index (χ1) is 12.9. The van der Waals surface area contributed by atoms with Crippen molar-refractivity contribution in [2.24, 2.45) is 5.92 Å². The standard InChI is InChI=1S/C19H23BrN2O3S2/c1-14(16-5-3-2-4-6-16)21-18(23)13-15-9-11-22(12-10-15)27(24,25)19-8-7-17(20)26-19/h2-8,14-15H,9-13H2,1H3,(H,21,23)/t14-/m0/s1. The summed E-state index contributed by atoms with van der Waals surface area (Å²) in [5.41, 5.74) is 1.08. The van der Waals surface area contributed by atoms with Gasteiger partial charge in [-0.2, -0.15) is 4.31 Å². The van der Waals surface area contributed by atoms with E-state index in [0.29, 0.717) is 36.6 Å². The van der Waals surface area contributed by atoms with Crippen LogP contribution < -0.4 is 5.32 Å². The van der Waals surface area contributed by atoms with Crippen LogP contribution in [-0.4, -0.2) is 31.7 Å². The molecule has 1 N–H and O–H groups in total. The van der Waals surface area contributed by atoms with Crippen LogP contribution in [0.5, 0.6) is 0 Å². The number of carbonyl (C=O) groups excluding carboxylic acids is 1. The molecule has 0 spiro atoms. The molecule has 1 saturated heterocycles. The predicted octanol–water partition coefficient (Wildman–Crippen LogP) is 4.18. The summed E-state index contributed by atoms with van der Waals surface area (Å²) >= 11 is 4.54. The Morgan fingerprint density at radius 1 is 1.22 bits per heavy atom. The fourth-order valence-electron chi connectivity index (χ4n) is 3.30. The Hall–Kier alpha value is -1.22. The lowest BCUT2D eigenvalue weighted by atomic mass is 9.94. The van der Waals surface area contributed by atoms with E-state index in [2.05, 4.69) is 21.2 Å². The number of benzene rings is 1.